The fraction of sp³-hybridized carbons (Fsp3) is 0.345. The average molecular weight is 550 g/mol. The minimum atomic E-state index is -4.52. The third-order valence-corrected chi connectivity index (χ3v) is 7.77. The number of hydrogen-bond acceptors (Lipinski definition) is 6. The van der Waals surface area contributed by atoms with E-state index in [9.17, 15) is 18.0 Å². The smallest absolute Gasteiger partial charge is 0.366 e. The molecule has 1 N–H and O–H groups in total. The second kappa shape index (κ2) is 10.5. The van der Waals surface area contributed by atoms with Gasteiger partial charge in [0.2, 0.25) is 0 Å². The number of piperazine rings is 1. The molecular formula is C29H30F3N7O. The number of benzene rings is 2. The standard InChI is InChI=1S/C29H30F3N7O/c1-36-10-12-37(13-11-36)18-22-4-5-24(15-25(22)29(30,31)32)35-28(40)21-3-2-20-6-8-38(26(20)14-21)19-23-16-34-39-9-7-33-17-27(23)39/h2-5,7,9,14-17H,6,8,10-13,18-19H2,1H3,(H,35,40). The molecule has 0 unspecified atom stereocenters. The number of carbonyl (C=O) groups excluding carboxylic acids is 1. The van der Waals surface area contributed by atoms with Crippen molar-refractivity contribution < 1.29 is 18.0 Å². The number of aromatic nitrogens is 3. The number of nitrogens with one attached hydrogen (secondary N) is 1. The van der Waals surface area contributed by atoms with Gasteiger partial charge in [0.15, 0.2) is 0 Å². The van der Waals surface area contributed by atoms with Crippen molar-refractivity contribution in [2.24, 2.45) is 0 Å². The van der Waals surface area contributed by atoms with Crippen LogP contribution in [0.1, 0.15) is 32.6 Å². The molecule has 0 atom stereocenters. The number of halogens is 3. The Morgan fingerprint density at radius 1 is 0.975 bits per heavy atom. The summed E-state index contributed by atoms with van der Waals surface area (Å²) in [6.45, 7) is 4.71. The Labute approximate surface area is 230 Å². The lowest BCUT2D eigenvalue weighted by atomic mass is 10.0. The summed E-state index contributed by atoms with van der Waals surface area (Å²) in [4.78, 5) is 23.7. The fourth-order valence-corrected chi connectivity index (χ4v) is 5.47. The number of alkyl halides is 3. The zero-order valence-electron chi connectivity index (χ0n) is 22.2. The molecule has 0 saturated carbocycles. The van der Waals surface area contributed by atoms with Crippen molar-refractivity contribution >= 4 is 22.8 Å². The molecule has 2 aliphatic heterocycles. The molecule has 6 rings (SSSR count). The maximum Gasteiger partial charge on any atom is 0.416 e. The van der Waals surface area contributed by atoms with Crippen LogP contribution in [0.15, 0.2) is 61.2 Å². The molecule has 0 spiro atoms. The lowest BCUT2D eigenvalue weighted by molar-refractivity contribution is -0.138. The van der Waals surface area contributed by atoms with Crippen molar-refractivity contribution in [3.8, 4) is 0 Å². The SMILES string of the molecule is CN1CCN(Cc2ccc(NC(=O)c3ccc4c(c3)N(Cc3cnn5ccncc35)CC4)cc2C(F)(F)F)CC1. The number of hydrogen-bond donors (Lipinski definition) is 1. The first-order valence-electron chi connectivity index (χ1n) is 13.3. The van der Waals surface area contributed by atoms with Crippen molar-refractivity contribution in [3.05, 3.63) is 89.0 Å². The van der Waals surface area contributed by atoms with Crippen LogP contribution in [-0.4, -0.2) is 70.1 Å². The molecule has 1 fully saturated rings. The number of carbonyl (C=O) groups is 1. The van der Waals surface area contributed by atoms with Gasteiger partial charge in [0.05, 0.1) is 23.5 Å². The highest BCUT2D eigenvalue weighted by molar-refractivity contribution is 6.05. The van der Waals surface area contributed by atoms with Crippen molar-refractivity contribution in [1.82, 2.24) is 24.4 Å². The molecule has 2 aliphatic rings. The Balaban J connectivity index is 1.19. The topological polar surface area (TPSA) is 69.0 Å². The Kier molecular flexibility index (Phi) is 6.93. The Morgan fingerprint density at radius 2 is 1.80 bits per heavy atom. The van der Waals surface area contributed by atoms with Gasteiger partial charge in [0, 0.05) is 80.7 Å². The average Bonchev–Trinajstić information content (AvgIpc) is 3.54. The van der Waals surface area contributed by atoms with Gasteiger partial charge in [-0.25, -0.2) is 4.52 Å². The third kappa shape index (κ3) is 5.39. The molecule has 0 aliphatic carbocycles. The lowest BCUT2D eigenvalue weighted by Gasteiger charge is -2.33. The third-order valence-electron chi connectivity index (χ3n) is 7.77. The maximum absolute atomic E-state index is 14.0. The number of fused-ring (bicyclic) bond motifs is 2. The molecule has 4 aromatic rings. The van der Waals surface area contributed by atoms with Crippen molar-refractivity contribution in [3.63, 3.8) is 0 Å². The van der Waals surface area contributed by atoms with Gasteiger partial charge in [-0.1, -0.05) is 12.1 Å². The highest BCUT2D eigenvalue weighted by Gasteiger charge is 2.34. The van der Waals surface area contributed by atoms with Crippen LogP contribution < -0.4 is 10.2 Å². The molecule has 0 bridgehead atoms. The van der Waals surface area contributed by atoms with E-state index >= 15 is 0 Å². The van der Waals surface area contributed by atoms with E-state index in [1.54, 1.807) is 35.2 Å². The highest BCUT2D eigenvalue weighted by Crippen LogP contribution is 2.35. The molecule has 11 heteroatoms. The van der Waals surface area contributed by atoms with E-state index in [1.807, 2.05) is 30.3 Å². The van der Waals surface area contributed by atoms with Crippen LogP contribution in [0.2, 0.25) is 0 Å². The summed E-state index contributed by atoms with van der Waals surface area (Å²) in [5, 5.41) is 7.06. The Hall–Kier alpha value is -3.96. The van der Waals surface area contributed by atoms with E-state index in [1.165, 1.54) is 6.07 Å². The van der Waals surface area contributed by atoms with Crippen LogP contribution in [0.25, 0.3) is 5.52 Å². The second-order valence-electron chi connectivity index (χ2n) is 10.5. The molecule has 8 nitrogen and oxygen atoms in total. The number of amides is 1. The van der Waals surface area contributed by atoms with Gasteiger partial charge < -0.3 is 15.1 Å². The second-order valence-corrected chi connectivity index (χ2v) is 10.5. The monoisotopic (exact) mass is 549 g/mol. The quantitative estimate of drug-likeness (QED) is 0.387. The van der Waals surface area contributed by atoms with Crippen LogP contribution in [-0.2, 0) is 25.7 Å². The van der Waals surface area contributed by atoms with Gasteiger partial charge in [-0.3, -0.25) is 14.7 Å². The van der Waals surface area contributed by atoms with E-state index < -0.39 is 17.6 Å². The van der Waals surface area contributed by atoms with E-state index in [2.05, 4.69) is 25.2 Å². The predicted octanol–water partition coefficient (Wildman–Crippen LogP) is 4.31. The van der Waals surface area contributed by atoms with Gasteiger partial charge in [-0.2, -0.15) is 18.3 Å². The molecule has 2 aromatic carbocycles. The van der Waals surface area contributed by atoms with Crippen LogP contribution in [0.4, 0.5) is 24.5 Å². The predicted molar refractivity (Wildman–Crippen MR) is 146 cm³/mol. The fourth-order valence-electron chi connectivity index (χ4n) is 5.47. The number of rotatable bonds is 6. The molecule has 40 heavy (non-hydrogen) atoms. The van der Waals surface area contributed by atoms with E-state index in [0.29, 0.717) is 12.1 Å². The van der Waals surface area contributed by atoms with Crippen LogP contribution in [0, 0.1) is 0 Å². The lowest BCUT2D eigenvalue weighted by Crippen LogP contribution is -2.44. The molecule has 4 heterocycles. The normalized spacial score (nSPS) is 16.4. The van der Waals surface area contributed by atoms with Gasteiger partial charge in [-0.05, 0) is 48.9 Å². The van der Waals surface area contributed by atoms with Gasteiger partial charge in [0.1, 0.15) is 0 Å². The van der Waals surface area contributed by atoms with Gasteiger partial charge in [0.25, 0.3) is 5.91 Å². The number of anilines is 2. The molecule has 0 radical (unpaired) electrons. The van der Waals surface area contributed by atoms with Crippen LogP contribution in [0.5, 0.6) is 0 Å². The van der Waals surface area contributed by atoms with E-state index in [-0.39, 0.29) is 17.8 Å². The first-order valence-corrected chi connectivity index (χ1v) is 13.3. The summed E-state index contributed by atoms with van der Waals surface area (Å²) in [7, 11) is 2.01. The van der Waals surface area contributed by atoms with Gasteiger partial charge in [-0.15, -0.1) is 0 Å². The Morgan fingerprint density at radius 3 is 2.60 bits per heavy atom. The van der Waals surface area contributed by atoms with E-state index in [4.69, 9.17) is 0 Å². The number of nitrogens with zero attached hydrogens (tertiary/aromatic N) is 6. The maximum atomic E-state index is 14.0. The summed E-state index contributed by atoms with van der Waals surface area (Å²) in [5.41, 5.74) is 4.01. The summed E-state index contributed by atoms with van der Waals surface area (Å²) in [6.07, 6.45) is 3.38. The van der Waals surface area contributed by atoms with Crippen molar-refractivity contribution in [2.45, 2.75) is 25.7 Å². The number of likely N-dealkylation sites (N-methyl/N-ethyl adjacent to an activating group) is 1. The first kappa shape index (κ1) is 26.3. The van der Waals surface area contributed by atoms with Crippen molar-refractivity contribution in [2.75, 3.05) is 50.0 Å². The first-order chi connectivity index (χ1) is 19.2. The zero-order valence-corrected chi connectivity index (χ0v) is 22.2. The van der Waals surface area contributed by atoms with E-state index in [0.717, 1.165) is 67.5 Å². The van der Waals surface area contributed by atoms with Gasteiger partial charge >= 0.3 is 6.18 Å². The summed E-state index contributed by atoms with van der Waals surface area (Å²) < 4.78 is 43.8. The highest BCUT2D eigenvalue weighted by atomic mass is 19.4. The van der Waals surface area contributed by atoms with Crippen LogP contribution >= 0.6 is 0 Å². The molecule has 1 saturated heterocycles. The summed E-state index contributed by atoms with van der Waals surface area (Å²) >= 11 is 0. The van der Waals surface area contributed by atoms with Crippen molar-refractivity contribution in [1.29, 1.82) is 0 Å². The molecule has 208 valence electrons. The molecular weight excluding hydrogens is 519 g/mol. The van der Waals surface area contributed by atoms with Crippen LogP contribution in [0.3, 0.4) is 0 Å². The summed E-state index contributed by atoms with van der Waals surface area (Å²) in [6, 6.07) is 9.53. The minimum Gasteiger partial charge on any atom is -0.366 e. The molecule has 2 aromatic heterocycles. The Bertz CT molecular complexity index is 1540. The largest absolute Gasteiger partial charge is 0.416 e. The molecule has 1 amide bonds. The minimum absolute atomic E-state index is 0.121. The summed E-state index contributed by atoms with van der Waals surface area (Å²) in [5.74, 6) is -0.449. The zero-order chi connectivity index (χ0) is 27.9.